The molecule has 0 aromatic heterocycles. The summed E-state index contributed by atoms with van der Waals surface area (Å²) in [5, 5.41) is 3.01. The van der Waals surface area contributed by atoms with Crippen molar-refractivity contribution in [2.24, 2.45) is 5.92 Å². The predicted molar refractivity (Wildman–Crippen MR) is 115 cm³/mol. The van der Waals surface area contributed by atoms with Gasteiger partial charge in [0.15, 0.2) is 11.5 Å². The van der Waals surface area contributed by atoms with Gasteiger partial charge in [-0.1, -0.05) is 12.1 Å². The van der Waals surface area contributed by atoms with Crippen LogP contribution in [0, 0.1) is 5.92 Å². The molecule has 3 aliphatic rings. The van der Waals surface area contributed by atoms with Crippen molar-refractivity contribution in [1.82, 2.24) is 15.1 Å². The van der Waals surface area contributed by atoms with Crippen LogP contribution in [-0.4, -0.2) is 86.4 Å². The van der Waals surface area contributed by atoms with Crippen molar-refractivity contribution in [3.05, 3.63) is 24.3 Å². The fourth-order valence-corrected chi connectivity index (χ4v) is 4.78. The van der Waals surface area contributed by atoms with Crippen LogP contribution in [0.25, 0.3) is 0 Å². The van der Waals surface area contributed by atoms with Crippen molar-refractivity contribution in [3.8, 4) is 11.5 Å². The number of nitrogens with one attached hydrogen (secondary N) is 1. The van der Waals surface area contributed by atoms with Crippen molar-refractivity contribution in [2.45, 2.75) is 45.0 Å². The van der Waals surface area contributed by atoms with Gasteiger partial charge in [0.1, 0.15) is 12.7 Å². The number of morpholine rings is 1. The van der Waals surface area contributed by atoms with E-state index in [2.05, 4.69) is 29.0 Å². The molecule has 3 aliphatic heterocycles. The van der Waals surface area contributed by atoms with Crippen molar-refractivity contribution in [2.75, 3.05) is 52.4 Å². The van der Waals surface area contributed by atoms with Crippen LogP contribution in [0.15, 0.2) is 24.3 Å². The van der Waals surface area contributed by atoms with E-state index in [4.69, 9.17) is 14.2 Å². The lowest BCUT2D eigenvalue weighted by atomic mass is 9.95. The number of carbonyl (C=O) groups excluding carboxylic acids is 1. The second-order valence-corrected chi connectivity index (χ2v) is 9.00. The lowest BCUT2D eigenvalue weighted by molar-refractivity contribution is -0.123. The molecule has 0 spiro atoms. The number of hydrogen-bond donors (Lipinski definition) is 1. The van der Waals surface area contributed by atoms with E-state index >= 15 is 0 Å². The van der Waals surface area contributed by atoms with Crippen molar-refractivity contribution < 1.29 is 19.0 Å². The number of likely N-dealkylation sites (tertiary alicyclic amines) is 1. The third kappa shape index (κ3) is 5.86. The monoisotopic (exact) mass is 417 g/mol. The number of rotatable bonds is 6. The number of nitrogens with zero attached hydrogens (tertiary/aromatic N) is 2. The van der Waals surface area contributed by atoms with Crippen LogP contribution >= 0.6 is 0 Å². The third-order valence-electron chi connectivity index (χ3n) is 6.18. The molecule has 2 fully saturated rings. The molecule has 7 heteroatoms. The van der Waals surface area contributed by atoms with Gasteiger partial charge in [-0.05, 0) is 57.8 Å². The molecular weight excluding hydrogens is 382 g/mol. The predicted octanol–water partition coefficient (Wildman–Crippen LogP) is 1.76. The Bertz CT molecular complexity index is 697. The summed E-state index contributed by atoms with van der Waals surface area (Å²) in [5.74, 6) is 2.29. The standard InChI is InChI=1S/C23H35N3O4/c1-17-12-26(13-18(2)29-17)14-19-7-9-25(10-8-19)15-23(27)24-11-20-16-28-21-5-3-4-6-22(21)30-20/h3-6,17-20H,7-16H2,1-2H3,(H,24,27). The number of carbonyl (C=O) groups is 1. The maximum absolute atomic E-state index is 12.4. The Kier molecular flexibility index (Phi) is 7.12. The molecule has 3 heterocycles. The number of piperidine rings is 1. The Hall–Kier alpha value is -1.83. The summed E-state index contributed by atoms with van der Waals surface area (Å²) in [7, 11) is 0. The number of para-hydroxylation sites is 2. The van der Waals surface area contributed by atoms with E-state index in [0.29, 0.717) is 31.9 Å². The van der Waals surface area contributed by atoms with Crippen molar-refractivity contribution in [3.63, 3.8) is 0 Å². The molecule has 0 bridgehead atoms. The van der Waals surface area contributed by atoms with Crippen LogP contribution < -0.4 is 14.8 Å². The molecule has 0 aliphatic carbocycles. The summed E-state index contributed by atoms with van der Waals surface area (Å²) < 4.78 is 17.5. The maximum Gasteiger partial charge on any atom is 0.234 e. The molecule has 0 saturated carbocycles. The van der Waals surface area contributed by atoms with Crippen LogP contribution in [0.1, 0.15) is 26.7 Å². The zero-order valence-electron chi connectivity index (χ0n) is 18.2. The highest BCUT2D eigenvalue weighted by Crippen LogP contribution is 2.30. The zero-order chi connectivity index (χ0) is 20.9. The summed E-state index contributed by atoms with van der Waals surface area (Å²) >= 11 is 0. The van der Waals surface area contributed by atoms with E-state index in [9.17, 15) is 4.79 Å². The summed E-state index contributed by atoms with van der Waals surface area (Å²) in [5.41, 5.74) is 0. The fourth-order valence-electron chi connectivity index (χ4n) is 4.78. The van der Waals surface area contributed by atoms with Gasteiger partial charge < -0.3 is 19.5 Å². The Labute approximate surface area is 179 Å². The summed E-state index contributed by atoms with van der Waals surface area (Å²) in [6, 6.07) is 7.64. The lowest BCUT2D eigenvalue weighted by Gasteiger charge is -2.39. The molecule has 7 nitrogen and oxygen atoms in total. The van der Waals surface area contributed by atoms with Gasteiger partial charge in [-0.25, -0.2) is 0 Å². The van der Waals surface area contributed by atoms with Crippen LogP contribution in [0.3, 0.4) is 0 Å². The molecule has 1 amide bonds. The highest BCUT2D eigenvalue weighted by Gasteiger charge is 2.27. The molecule has 4 rings (SSSR count). The van der Waals surface area contributed by atoms with Crippen LogP contribution in [0.5, 0.6) is 11.5 Å². The molecule has 3 atom stereocenters. The topological polar surface area (TPSA) is 63.3 Å². The minimum atomic E-state index is -0.145. The van der Waals surface area contributed by atoms with E-state index in [1.165, 1.54) is 0 Å². The first kappa shape index (κ1) is 21.4. The maximum atomic E-state index is 12.4. The first-order valence-corrected chi connectivity index (χ1v) is 11.3. The number of ether oxygens (including phenoxy) is 3. The number of benzene rings is 1. The number of fused-ring (bicyclic) bond motifs is 1. The lowest BCUT2D eigenvalue weighted by Crippen LogP contribution is -2.49. The highest BCUT2D eigenvalue weighted by molar-refractivity contribution is 5.78. The largest absolute Gasteiger partial charge is 0.486 e. The quantitative estimate of drug-likeness (QED) is 0.761. The van der Waals surface area contributed by atoms with Crippen molar-refractivity contribution in [1.29, 1.82) is 0 Å². The average Bonchev–Trinajstić information content (AvgIpc) is 2.73. The normalized spacial score (nSPS) is 28.3. The highest BCUT2D eigenvalue weighted by atomic mass is 16.6. The molecule has 166 valence electrons. The second kappa shape index (κ2) is 9.98. The Morgan fingerprint density at radius 3 is 2.50 bits per heavy atom. The van der Waals surface area contributed by atoms with Gasteiger partial charge in [0, 0.05) is 19.6 Å². The first-order chi connectivity index (χ1) is 14.5. The molecule has 0 radical (unpaired) electrons. The van der Waals surface area contributed by atoms with Crippen LogP contribution in [0.4, 0.5) is 0 Å². The SMILES string of the molecule is CC1CN(CC2CCN(CC(=O)NCC3COc4ccccc4O3)CC2)CC(C)O1. The van der Waals surface area contributed by atoms with Gasteiger partial charge in [0.25, 0.3) is 0 Å². The molecule has 30 heavy (non-hydrogen) atoms. The minimum absolute atomic E-state index is 0.0618. The molecule has 3 unspecified atom stereocenters. The number of amides is 1. The van der Waals surface area contributed by atoms with E-state index in [-0.39, 0.29) is 12.0 Å². The molecule has 1 aromatic rings. The van der Waals surface area contributed by atoms with E-state index in [0.717, 1.165) is 63.0 Å². The first-order valence-electron chi connectivity index (χ1n) is 11.3. The van der Waals surface area contributed by atoms with Gasteiger partial charge in [0.2, 0.25) is 5.91 Å². The van der Waals surface area contributed by atoms with Gasteiger partial charge in [-0.3, -0.25) is 14.6 Å². The summed E-state index contributed by atoms with van der Waals surface area (Å²) in [4.78, 5) is 17.2. The van der Waals surface area contributed by atoms with E-state index in [1.807, 2.05) is 24.3 Å². The Morgan fingerprint density at radius 1 is 1.07 bits per heavy atom. The molecule has 1 aromatic carbocycles. The number of hydrogen-bond acceptors (Lipinski definition) is 6. The molecular formula is C23H35N3O4. The van der Waals surface area contributed by atoms with Crippen LogP contribution in [-0.2, 0) is 9.53 Å². The van der Waals surface area contributed by atoms with Gasteiger partial charge in [-0.2, -0.15) is 0 Å². The fraction of sp³-hybridized carbons (Fsp3) is 0.696. The summed E-state index contributed by atoms with van der Waals surface area (Å²) in [6.45, 7) is 10.9. The second-order valence-electron chi connectivity index (χ2n) is 9.00. The Morgan fingerprint density at radius 2 is 1.77 bits per heavy atom. The van der Waals surface area contributed by atoms with Crippen LogP contribution in [0.2, 0.25) is 0 Å². The van der Waals surface area contributed by atoms with Gasteiger partial charge >= 0.3 is 0 Å². The van der Waals surface area contributed by atoms with Gasteiger partial charge in [0.05, 0.1) is 25.3 Å². The van der Waals surface area contributed by atoms with E-state index in [1.54, 1.807) is 0 Å². The smallest absolute Gasteiger partial charge is 0.234 e. The van der Waals surface area contributed by atoms with Gasteiger partial charge in [-0.15, -0.1) is 0 Å². The minimum Gasteiger partial charge on any atom is -0.486 e. The third-order valence-corrected chi connectivity index (χ3v) is 6.18. The average molecular weight is 418 g/mol. The molecule has 2 saturated heterocycles. The molecule has 1 N–H and O–H groups in total. The van der Waals surface area contributed by atoms with E-state index < -0.39 is 0 Å². The van der Waals surface area contributed by atoms with Crippen molar-refractivity contribution >= 4 is 5.91 Å². The summed E-state index contributed by atoms with van der Waals surface area (Å²) in [6.07, 6.45) is 2.81. The zero-order valence-corrected chi connectivity index (χ0v) is 18.2. The Balaban J connectivity index is 1.13.